The molecule has 1 aliphatic rings. The Hall–Kier alpha value is -0.680. The number of halogens is 1. The maximum absolute atomic E-state index is 5.96. The van der Waals surface area contributed by atoms with E-state index in [9.17, 15) is 0 Å². The van der Waals surface area contributed by atoms with E-state index in [2.05, 4.69) is 15.3 Å². The molecule has 6 heteroatoms. The standard InChI is InChI=1S/C9H13ClN4S/c10-7-8(11)13-5-14-9(7)12-4-6-2-1-3-15-6/h5-6H,1-4H2,(H3,11,12,13,14). The number of nitrogen functional groups attached to an aromatic ring is 1. The second-order valence-electron chi connectivity index (χ2n) is 3.44. The summed E-state index contributed by atoms with van der Waals surface area (Å²) in [6.07, 6.45) is 3.98. The number of anilines is 2. The number of thioether (sulfide) groups is 1. The zero-order valence-corrected chi connectivity index (χ0v) is 9.81. The summed E-state index contributed by atoms with van der Waals surface area (Å²) in [4.78, 5) is 7.87. The van der Waals surface area contributed by atoms with Crippen LogP contribution in [0.25, 0.3) is 0 Å². The van der Waals surface area contributed by atoms with Gasteiger partial charge in [-0.2, -0.15) is 11.8 Å². The van der Waals surface area contributed by atoms with Crippen LogP contribution >= 0.6 is 23.4 Å². The third-order valence-corrected chi connectivity index (χ3v) is 4.11. The van der Waals surface area contributed by atoms with Gasteiger partial charge in [0, 0.05) is 11.8 Å². The van der Waals surface area contributed by atoms with Crippen molar-refractivity contribution in [1.82, 2.24) is 9.97 Å². The number of nitrogens with zero attached hydrogens (tertiary/aromatic N) is 2. The predicted molar refractivity (Wildman–Crippen MR) is 65.4 cm³/mol. The van der Waals surface area contributed by atoms with Crippen LogP contribution in [0.5, 0.6) is 0 Å². The molecule has 15 heavy (non-hydrogen) atoms. The quantitative estimate of drug-likeness (QED) is 0.852. The van der Waals surface area contributed by atoms with Gasteiger partial charge >= 0.3 is 0 Å². The van der Waals surface area contributed by atoms with Crippen LogP contribution in [0.15, 0.2) is 6.33 Å². The largest absolute Gasteiger partial charge is 0.382 e. The lowest BCUT2D eigenvalue weighted by molar-refractivity contribution is 0.803. The molecule has 1 saturated heterocycles. The van der Waals surface area contributed by atoms with Crippen LogP contribution in [0, 0.1) is 0 Å². The summed E-state index contributed by atoms with van der Waals surface area (Å²) in [7, 11) is 0. The van der Waals surface area contributed by atoms with Gasteiger partial charge in [-0.1, -0.05) is 11.6 Å². The van der Waals surface area contributed by atoms with Crippen molar-refractivity contribution in [1.29, 1.82) is 0 Å². The molecular formula is C9H13ClN4S. The molecule has 3 N–H and O–H groups in total. The fraction of sp³-hybridized carbons (Fsp3) is 0.556. The summed E-state index contributed by atoms with van der Waals surface area (Å²) >= 11 is 7.95. The average Bonchev–Trinajstić information content (AvgIpc) is 2.73. The minimum Gasteiger partial charge on any atom is -0.382 e. The van der Waals surface area contributed by atoms with E-state index in [0.717, 1.165) is 6.54 Å². The second-order valence-corrected chi connectivity index (χ2v) is 5.22. The molecule has 2 heterocycles. The lowest BCUT2D eigenvalue weighted by Gasteiger charge is -2.11. The molecular weight excluding hydrogens is 232 g/mol. The van der Waals surface area contributed by atoms with Crippen LogP contribution in [0.2, 0.25) is 5.02 Å². The first kappa shape index (κ1) is 10.8. The highest BCUT2D eigenvalue weighted by atomic mass is 35.5. The molecule has 0 aliphatic carbocycles. The van der Waals surface area contributed by atoms with Gasteiger partial charge in [0.25, 0.3) is 0 Å². The summed E-state index contributed by atoms with van der Waals surface area (Å²) in [6.45, 7) is 0.890. The van der Waals surface area contributed by atoms with Gasteiger partial charge in [-0.05, 0) is 18.6 Å². The third-order valence-electron chi connectivity index (χ3n) is 2.34. The molecule has 82 valence electrons. The van der Waals surface area contributed by atoms with E-state index in [0.29, 0.717) is 21.9 Å². The molecule has 4 nitrogen and oxygen atoms in total. The number of aromatic nitrogens is 2. The Labute approximate surface area is 98.0 Å². The molecule has 1 aromatic rings. The normalized spacial score (nSPS) is 20.5. The Kier molecular flexibility index (Phi) is 3.53. The highest BCUT2D eigenvalue weighted by Crippen LogP contribution is 2.28. The van der Waals surface area contributed by atoms with Crippen molar-refractivity contribution in [2.45, 2.75) is 18.1 Å². The van der Waals surface area contributed by atoms with Gasteiger partial charge in [0.2, 0.25) is 0 Å². The van der Waals surface area contributed by atoms with Gasteiger partial charge in [0.1, 0.15) is 23.0 Å². The van der Waals surface area contributed by atoms with Crippen LogP contribution in [-0.4, -0.2) is 27.5 Å². The predicted octanol–water partition coefficient (Wildman–Crippen LogP) is 2.02. The van der Waals surface area contributed by atoms with Gasteiger partial charge in [0.05, 0.1) is 0 Å². The number of nitrogens with one attached hydrogen (secondary N) is 1. The minimum atomic E-state index is 0.327. The van der Waals surface area contributed by atoms with Gasteiger partial charge in [-0.15, -0.1) is 0 Å². The molecule has 0 saturated carbocycles. The molecule has 1 fully saturated rings. The van der Waals surface area contributed by atoms with Gasteiger partial charge in [0.15, 0.2) is 0 Å². The third kappa shape index (κ3) is 2.66. The van der Waals surface area contributed by atoms with Crippen molar-refractivity contribution in [2.24, 2.45) is 0 Å². The van der Waals surface area contributed by atoms with Gasteiger partial charge in [-0.3, -0.25) is 0 Å². The van der Waals surface area contributed by atoms with E-state index in [4.69, 9.17) is 17.3 Å². The van der Waals surface area contributed by atoms with Crippen molar-refractivity contribution < 1.29 is 0 Å². The first-order valence-electron chi connectivity index (χ1n) is 4.89. The zero-order valence-electron chi connectivity index (χ0n) is 8.24. The summed E-state index contributed by atoms with van der Waals surface area (Å²) in [5.74, 6) is 2.22. The molecule has 1 atom stereocenters. The Morgan fingerprint density at radius 2 is 2.47 bits per heavy atom. The monoisotopic (exact) mass is 244 g/mol. The average molecular weight is 245 g/mol. The van der Waals surface area contributed by atoms with Crippen LogP contribution in [-0.2, 0) is 0 Å². The van der Waals surface area contributed by atoms with Crippen molar-refractivity contribution >= 4 is 35.0 Å². The van der Waals surface area contributed by atoms with Gasteiger partial charge < -0.3 is 11.1 Å². The molecule has 1 unspecified atom stereocenters. The Balaban J connectivity index is 1.95. The van der Waals surface area contributed by atoms with Crippen molar-refractivity contribution in [3.8, 4) is 0 Å². The van der Waals surface area contributed by atoms with Crippen LogP contribution in [0.3, 0.4) is 0 Å². The molecule has 2 rings (SSSR count). The van der Waals surface area contributed by atoms with Crippen molar-refractivity contribution in [2.75, 3.05) is 23.3 Å². The first-order chi connectivity index (χ1) is 7.27. The highest BCUT2D eigenvalue weighted by molar-refractivity contribution is 8.00. The Bertz CT molecular complexity index is 341. The van der Waals surface area contributed by atoms with E-state index < -0.39 is 0 Å². The maximum Gasteiger partial charge on any atom is 0.150 e. The molecule has 1 aliphatic heterocycles. The van der Waals surface area contributed by atoms with E-state index >= 15 is 0 Å². The van der Waals surface area contributed by atoms with E-state index in [1.807, 2.05) is 11.8 Å². The van der Waals surface area contributed by atoms with E-state index in [1.54, 1.807) is 0 Å². The van der Waals surface area contributed by atoms with Crippen molar-refractivity contribution in [3.05, 3.63) is 11.3 Å². The number of nitrogens with two attached hydrogens (primary N) is 1. The molecule has 0 radical (unpaired) electrons. The fourth-order valence-electron chi connectivity index (χ4n) is 1.52. The zero-order chi connectivity index (χ0) is 10.7. The minimum absolute atomic E-state index is 0.327. The summed E-state index contributed by atoms with van der Waals surface area (Å²) < 4.78 is 0. The summed E-state index contributed by atoms with van der Waals surface area (Å²) in [6, 6.07) is 0. The van der Waals surface area contributed by atoms with E-state index in [1.165, 1.54) is 24.9 Å². The summed E-state index contributed by atoms with van der Waals surface area (Å²) in [5.41, 5.74) is 5.58. The van der Waals surface area contributed by atoms with E-state index in [-0.39, 0.29) is 0 Å². The second kappa shape index (κ2) is 4.90. The molecule has 0 spiro atoms. The van der Waals surface area contributed by atoms with Crippen molar-refractivity contribution in [3.63, 3.8) is 0 Å². The maximum atomic E-state index is 5.96. The smallest absolute Gasteiger partial charge is 0.150 e. The molecule has 0 amide bonds. The van der Waals surface area contributed by atoms with Crippen LogP contribution in [0.4, 0.5) is 11.6 Å². The molecule has 0 aromatic carbocycles. The topological polar surface area (TPSA) is 63.8 Å². The highest BCUT2D eigenvalue weighted by Gasteiger charge is 2.16. The number of hydrogen-bond donors (Lipinski definition) is 2. The SMILES string of the molecule is Nc1ncnc(NCC2CCCS2)c1Cl. The van der Waals surface area contributed by atoms with Crippen LogP contribution in [0.1, 0.15) is 12.8 Å². The van der Waals surface area contributed by atoms with Gasteiger partial charge in [-0.25, -0.2) is 9.97 Å². The number of hydrogen-bond acceptors (Lipinski definition) is 5. The first-order valence-corrected chi connectivity index (χ1v) is 6.31. The number of rotatable bonds is 3. The fourth-order valence-corrected chi connectivity index (χ4v) is 2.89. The summed E-state index contributed by atoms with van der Waals surface area (Å²) in [5, 5.41) is 4.29. The Morgan fingerprint density at radius 3 is 3.20 bits per heavy atom. The molecule has 1 aromatic heterocycles. The Morgan fingerprint density at radius 1 is 1.60 bits per heavy atom. The lowest BCUT2D eigenvalue weighted by Crippen LogP contribution is -2.15. The molecule has 0 bridgehead atoms. The lowest BCUT2D eigenvalue weighted by atomic mass is 10.2. The van der Waals surface area contributed by atoms with Crippen LogP contribution < -0.4 is 11.1 Å².